The lowest BCUT2D eigenvalue weighted by atomic mass is 9.88. The first-order valence-corrected chi connectivity index (χ1v) is 15.7. The number of rotatable bonds is 10. The minimum atomic E-state index is -4.73. The van der Waals surface area contributed by atoms with E-state index in [0.717, 1.165) is 92.2 Å². The third-order valence-electron chi connectivity index (χ3n) is 9.66. The molecule has 2 heterocycles. The average molecular weight is 640 g/mol. The Morgan fingerprint density at radius 2 is 1.70 bits per heavy atom. The number of carboxylic acid groups (broad SMARTS) is 1. The van der Waals surface area contributed by atoms with Crippen molar-refractivity contribution < 1.29 is 37.3 Å². The van der Waals surface area contributed by atoms with Gasteiger partial charge in [-0.25, -0.2) is 4.98 Å². The van der Waals surface area contributed by atoms with Crippen LogP contribution in [0.5, 0.6) is 11.5 Å². The van der Waals surface area contributed by atoms with Crippen LogP contribution >= 0.6 is 0 Å². The first-order chi connectivity index (χ1) is 22.1. The fourth-order valence-electron chi connectivity index (χ4n) is 7.34. The van der Waals surface area contributed by atoms with Gasteiger partial charge in [-0.1, -0.05) is 12.1 Å². The Labute approximate surface area is 264 Å². The minimum Gasteiger partial charge on any atom is -0.489 e. The number of hydrogen-bond donors (Lipinski definition) is 2. The molecule has 7 rings (SSSR count). The lowest BCUT2D eigenvalue weighted by Crippen LogP contribution is -2.48. The van der Waals surface area contributed by atoms with Crippen LogP contribution in [-0.4, -0.2) is 77.7 Å². The number of benzene rings is 2. The molecule has 3 aliphatic carbocycles. The zero-order chi connectivity index (χ0) is 32.0. The molecule has 0 bridgehead atoms. The van der Waals surface area contributed by atoms with Crippen molar-refractivity contribution in [3.05, 3.63) is 59.2 Å². The molecule has 244 valence electrons. The molecule has 0 amide bonds. The number of aryl methyl sites for hydroxylation is 1. The van der Waals surface area contributed by atoms with Crippen molar-refractivity contribution >= 4 is 17.7 Å². The van der Waals surface area contributed by atoms with Gasteiger partial charge in [0.1, 0.15) is 23.9 Å². The fraction of sp³-hybridized carbons (Fsp3) is 0.485. The van der Waals surface area contributed by atoms with Crippen molar-refractivity contribution in [3.8, 4) is 22.8 Å². The van der Waals surface area contributed by atoms with Gasteiger partial charge in [0.25, 0.3) is 0 Å². The van der Waals surface area contributed by atoms with Crippen molar-refractivity contribution in [1.82, 2.24) is 14.9 Å². The lowest BCUT2D eigenvalue weighted by Gasteiger charge is -2.37. The smallest absolute Gasteiger partial charge is 0.489 e. The number of aliphatic carboxylic acids is 1. The summed E-state index contributed by atoms with van der Waals surface area (Å²) in [5, 5.41) is 9.21. The van der Waals surface area contributed by atoms with Gasteiger partial charge in [-0.05, 0) is 79.0 Å². The number of nitrogens with two attached hydrogens (primary N) is 1. The topological polar surface area (TPSA) is 123 Å². The van der Waals surface area contributed by atoms with Crippen LogP contribution in [0.15, 0.2) is 42.5 Å². The highest BCUT2D eigenvalue weighted by molar-refractivity contribution is 5.76. The van der Waals surface area contributed by atoms with Gasteiger partial charge < -0.3 is 30.0 Å². The molecule has 1 saturated heterocycles. The SMILES string of the molecule is Nc1nc2c(c(N3CCN(CCO[C@@H]4C[C@@H]5[C@H](C4)[C@H]5C(=O)O)CC3)n1)CCc1cc(OCc3ccc(OC(F)(F)F)cc3)ccc1-2. The molecule has 13 heteroatoms. The Morgan fingerprint density at radius 3 is 2.39 bits per heavy atom. The number of ether oxygens (including phenoxy) is 3. The van der Waals surface area contributed by atoms with Crippen molar-refractivity contribution in [3.63, 3.8) is 0 Å². The van der Waals surface area contributed by atoms with Gasteiger partial charge >= 0.3 is 12.3 Å². The molecular weight excluding hydrogens is 603 g/mol. The predicted molar refractivity (Wildman–Crippen MR) is 162 cm³/mol. The minimum absolute atomic E-state index is 0.146. The predicted octanol–water partition coefficient (Wildman–Crippen LogP) is 4.55. The highest BCUT2D eigenvalue weighted by Gasteiger charge is 2.60. The first-order valence-electron chi connectivity index (χ1n) is 15.7. The van der Waals surface area contributed by atoms with Gasteiger partial charge in [-0.3, -0.25) is 9.69 Å². The molecule has 0 spiro atoms. The summed E-state index contributed by atoms with van der Waals surface area (Å²) in [5.74, 6) is 1.32. The lowest BCUT2D eigenvalue weighted by molar-refractivity contribution is -0.274. The Hall–Kier alpha value is -4.10. The molecule has 46 heavy (non-hydrogen) atoms. The molecule has 1 aromatic heterocycles. The molecule has 3 aromatic rings. The van der Waals surface area contributed by atoms with Gasteiger partial charge in [-0.15, -0.1) is 13.2 Å². The molecule has 1 aliphatic heterocycles. The molecular formula is C33H36F3N5O5. The van der Waals surface area contributed by atoms with E-state index in [1.807, 2.05) is 18.2 Å². The molecule has 3 fully saturated rings. The molecule has 2 saturated carbocycles. The Bertz CT molecular complexity index is 1580. The molecule has 10 nitrogen and oxygen atoms in total. The number of alkyl halides is 3. The maximum Gasteiger partial charge on any atom is 0.573 e. The largest absolute Gasteiger partial charge is 0.573 e. The zero-order valence-electron chi connectivity index (χ0n) is 25.2. The van der Waals surface area contributed by atoms with E-state index in [-0.39, 0.29) is 30.3 Å². The normalized spacial score (nSPS) is 23.8. The molecule has 4 atom stereocenters. The van der Waals surface area contributed by atoms with E-state index in [1.54, 1.807) is 12.1 Å². The summed E-state index contributed by atoms with van der Waals surface area (Å²) in [6.07, 6.45) is -1.24. The molecule has 4 aliphatic rings. The van der Waals surface area contributed by atoms with Crippen molar-refractivity contribution in [2.45, 2.75) is 44.8 Å². The first kappa shape index (κ1) is 30.5. The summed E-state index contributed by atoms with van der Waals surface area (Å²) in [6, 6.07) is 11.5. The van der Waals surface area contributed by atoms with Gasteiger partial charge in [0.15, 0.2) is 0 Å². The number of anilines is 2. The van der Waals surface area contributed by atoms with E-state index in [0.29, 0.717) is 24.2 Å². The summed E-state index contributed by atoms with van der Waals surface area (Å²) < 4.78 is 53.3. The summed E-state index contributed by atoms with van der Waals surface area (Å²) in [6.45, 7) is 5.11. The van der Waals surface area contributed by atoms with E-state index in [1.165, 1.54) is 12.1 Å². The van der Waals surface area contributed by atoms with Crippen LogP contribution in [0.1, 0.15) is 29.5 Å². The van der Waals surface area contributed by atoms with Gasteiger partial charge in [0, 0.05) is 43.9 Å². The van der Waals surface area contributed by atoms with Crippen LogP contribution in [0, 0.1) is 17.8 Å². The molecule has 2 aromatic carbocycles. The van der Waals surface area contributed by atoms with Crippen LogP contribution in [0.3, 0.4) is 0 Å². The molecule has 0 unspecified atom stereocenters. The maximum atomic E-state index is 12.4. The van der Waals surface area contributed by atoms with Crippen LogP contribution in [-0.2, 0) is 29.0 Å². The number of aromatic nitrogens is 2. The van der Waals surface area contributed by atoms with Gasteiger partial charge in [0.05, 0.1) is 24.3 Å². The third-order valence-corrected chi connectivity index (χ3v) is 9.66. The quantitative estimate of drug-likeness (QED) is 0.327. The summed E-state index contributed by atoms with van der Waals surface area (Å²) in [4.78, 5) is 25.2. The summed E-state index contributed by atoms with van der Waals surface area (Å²) in [7, 11) is 0. The Morgan fingerprint density at radius 1 is 0.978 bits per heavy atom. The number of fused-ring (bicyclic) bond motifs is 4. The second-order valence-electron chi connectivity index (χ2n) is 12.5. The van der Waals surface area contributed by atoms with E-state index >= 15 is 0 Å². The number of halogens is 3. The molecule has 0 radical (unpaired) electrons. The fourth-order valence-corrected chi connectivity index (χ4v) is 7.34. The third kappa shape index (κ3) is 6.57. The molecule has 3 N–H and O–H groups in total. The van der Waals surface area contributed by atoms with E-state index in [9.17, 15) is 23.1 Å². The average Bonchev–Trinajstić information content (AvgIpc) is 3.55. The maximum absolute atomic E-state index is 12.4. The van der Waals surface area contributed by atoms with E-state index < -0.39 is 12.3 Å². The summed E-state index contributed by atoms with van der Waals surface area (Å²) in [5.41, 5.74) is 10.9. The standard InChI is InChI=1S/C33H36F3N5O5/c34-33(35,36)46-21-4-1-19(2-5-21)18-45-22-6-8-24-20(15-22)3-7-25-29(24)38-32(37)39-30(25)41-11-9-40(10-12-41)13-14-44-23-16-26-27(17-23)28(26)31(42)43/h1-2,4-6,8,15,23,26-28H,3,7,9-14,16-18H2,(H,42,43)(H2,37,38,39)/t23-,26-,27+,28+. The van der Waals surface area contributed by atoms with Crippen molar-refractivity contribution in [2.75, 3.05) is 50.0 Å². The van der Waals surface area contributed by atoms with Crippen LogP contribution in [0.2, 0.25) is 0 Å². The van der Waals surface area contributed by atoms with Crippen LogP contribution < -0.4 is 20.1 Å². The second kappa shape index (κ2) is 12.3. The monoisotopic (exact) mass is 639 g/mol. The highest BCUT2D eigenvalue weighted by Crippen LogP contribution is 2.58. The van der Waals surface area contributed by atoms with E-state index in [4.69, 9.17) is 15.2 Å². The van der Waals surface area contributed by atoms with Crippen LogP contribution in [0.4, 0.5) is 24.9 Å². The highest BCUT2D eigenvalue weighted by atomic mass is 19.4. The Kier molecular flexibility index (Phi) is 8.14. The number of nitrogen functional groups attached to an aromatic ring is 1. The number of carboxylic acids is 1. The zero-order valence-corrected chi connectivity index (χ0v) is 25.2. The number of hydrogen-bond acceptors (Lipinski definition) is 9. The van der Waals surface area contributed by atoms with E-state index in [2.05, 4.69) is 24.5 Å². The van der Waals surface area contributed by atoms with Crippen molar-refractivity contribution in [2.24, 2.45) is 17.8 Å². The second-order valence-corrected chi connectivity index (χ2v) is 12.5. The summed E-state index contributed by atoms with van der Waals surface area (Å²) >= 11 is 0. The van der Waals surface area contributed by atoms with Gasteiger partial charge in [0.2, 0.25) is 5.95 Å². The Balaban J connectivity index is 0.932. The van der Waals surface area contributed by atoms with Gasteiger partial charge in [-0.2, -0.15) is 4.98 Å². The van der Waals surface area contributed by atoms with Crippen LogP contribution in [0.25, 0.3) is 11.3 Å². The van der Waals surface area contributed by atoms with Crippen molar-refractivity contribution in [1.29, 1.82) is 0 Å². The number of piperazine rings is 1. The number of nitrogens with zero attached hydrogens (tertiary/aromatic N) is 4. The number of carbonyl (C=O) groups is 1.